The zero-order valence-electron chi connectivity index (χ0n) is 7.36. The van der Waals surface area contributed by atoms with Gasteiger partial charge in [-0.25, -0.2) is 9.74 Å². The van der Waals surface area contributed by atoms with Crippen molar-refractivity contribution in [1.29, 1.82) is 0 Å². The first-order chi connectivity index (χ1) is 6.24. The fourth-order valence-electron chi connectivity index (χ4n) is 1.10. The van der Waals surface area contributed by atoms with Crippen molar-refractivity contribution in [2.75, 3.05) is 13.6 Å². The quantitative estimate of drug-likeness (QED) is 0.658. The molecule has 1 rings (SSSR count). The number of nitrogens with zero attached hydrogens (tertiary/aromatic N) is 2. The fourth-order valence-corrected chi connectivity index (χ4v) is 1.10. The highest BCUT2D eigenvalue weighted by atomic mass is 19.3. The largest absolute Gasteiger partial charge is 0.447 e. The lowest BCUT2D eigenvalue weighted by Gasteiger charge is -2.16. The number of hydrogen-bond donors (Lipinski definition) is 0. The summed E-state index contributed by atoms with van der Waals surface area (Å²) in [5.74, 6) is 0. The SMILES string of the molecule is CN(CC1=CN=CCC1)C(=O)OF. The number of likely N-dealkylation sites (N-methyl/N-ethyl adjacent to an activating group) is 1. The van der Waals surface area contributed by atoms with Gasteiger partial charge >= 0.3 is 6.09 Å². The van der Waals surface area contributed by atoms with Crippen molar-refractivity contribution < 1.29 is 14.3 Å². The lowest BCUT2D eigenvalue weighted by molar-refractivity contribution is -0.0762. The van der Waals surface area contributed by atoms with Gasteiger partial charge in [0.15, 0.2) is 0 Å². The van der Waals surface area contributed by atoms with Crippen LogP contribution in [0.25, 0.3) is 0 Å². The molecule has 0 saturated carbocycles. The number of amides is 1. The molecule has 72 valence electrons. The molecule has 0 aliphatic carbocycles. The second kappa shape index (κ2) is 4.59. The van der Waals surface area contributed by atoms with E-state index >= 15 is 0 Å². The van der Waals surface area contributed by atoms with E-state index in [0.717, 1.165) is 23.3 Å². The number of hydrogen-bond acceptors (Lipinski definition) is 3. The number of halogens is 1. The van der Waals surface area contributed by atoms with Gasteiger partial charge in [-0.05, 0) is 18.4 Å². The molecule has 0 fully saturated rings. The third-order valence-corrected chi connectivity index (χ3v) is 1.78. The van der Waals surface area contributed by atoms with Crippen LogP contribution in [0.4, 0.5) is 9.32 Å². The van der Waals surface area contributed by atoms with Crippen LogP contribution in [0.15, 0.2) is 16.8 Å². The topological polar surface area (TPSA) is 41.9 Å². The van der Waals surface area contributed by atoms with Gasteiger partial charge in [-0.3, -0.25) is 4.99 Å². The molecular formula is C8H11FN2O2. The van der Waals surface area contributed by atoms with E-state index < -0.39 is 6.09 Å². The maximum Gasteiger partial charge on any atom is 0.447 e. The Labute approximate surface area is 75.6 Å². The van der Waals surface area contributed by atoms with Crippen LogP contribution >= 0.6 is 0 Å². The Balaban J connectivity index is 2.43. The van der Waals surface area contributed by atoms with Gasteiger partial charge in [0.05, 0.1) is 0 Å². The molecule has 4 nitrogen and oxygen atoms in total. The minimum absolute atomic E-state index is 0.361. The van der Waals surface area contributed by atoms with Gasteiger partial charge in [-0.15, -0.1) is 0 Å². The molecule has 0 bridgehead atoms. The molecule has 1 heterocycles. The van der Waals surface area contributed by atoms with Crippen molar-refractivity contribution in [1.82, 2.24) is 4.90 Å². The fraction of sp³-hybridized carbons (Fsp3) is 0.500. The minimum atomic E-state index is -0.976. The minimum Gasteiger partial charge on any atom is -0.305 e. The molecule has 0 radical (unpaired) electrons. The van der Waals surface area contributed by atoms with Gasteiger partial charge in [0.2, 0.25) is 0 Å². The van der Waals surface area contributed by atoms with E-state index in [0.29, 0.717) is 6.54 Å². The van der Waals surface area contributed by atoms with Crippen LogP contribution in [-0.2, 0) is 4.94 Å². The van der Waals surface area contributed by atoms with E-state index in [1.165, 1.54) is 7.05 Å². The zero-order valence-corrected chi connectivity index (χ0v) is 7.36. The van der Waals surface area contributed by atoms with Crippen molar-refractivity contribution >= 4 is 12.3 Å². The lowest BCUT2D eigenvalue weighted by atomic mass is 10.1. The average molecular weight is 186 g/mol. The van der Waals surface area contributed by atoms with Crippen LogP contribution in [0.2, 0.25) is 0 Å². The van der Waals surface area contributed by atoms with Gasteiger partial charge in [0, 0.05) is 30.5 Å². The molecule has 1 aliphatic heterocycles. The highest BCUT2D eigenvalue weighted by Gasteiger charge is 2.12. The molecular weight excluding hydrogens is 175 g/mol. The van der Waals surface area contributed by atoms with E-state index in [4.69, 9.17) is 0 Å². The molecule has 0 aromatic heterocycles. The standard InChI is InChI=1S/C8H11FN2O2/c1-11(8(12)13-9)6-7-3-2-4-10-5-7/h4-5H,2-3,6H2,1H3. The maximum absolute atomic E-state index is 11.5. The van der Waals surface area contributed by atoms with Crippen LogP contribution in [-0.4, -0.2) is 30.8 Å². The summed E-state index contributed by atoms with van der Waals surface area (Å²) in [5, 5.41) is 0. The zero-order chi connectivity index (χ0) is 9.68. The Morgan fingerprint density at radius 2 is 2.62 bits per heavy atom. The van der Waals surface area contributed by atoms with Crippen molar-refractivity contribution in [3.05, 3.63) is 11.8 Å². The molecule has 0 unspecified atom stereocenters. The van der Waals surface area contributed by atoms with E-state index in [9.17, 15) is 9.32 Å². The van der Waals surface area contributed by atoms with Gasteiger partial charge in [0.1, 0.15) is 0 Å². The third-order valence-electron chi connectivity index (χ3n) is 1.78. The van der Waals surface area contributed by atoms with Gasteiger partial charge in [-0.2, -0.15) is 0 Å². The summed E-state index contributed by atoms with van der Waals surface area (Å²) < 4.78 is 11.5. The predicted molar refractivity (Wildman–Crippen MR) is 46.0 cm³/mol. The monoisotopic (exact) mass is 186 g/mol. The summed E-state index contributed by atoms with van der Waals surface area (Å²) in [4.78, 5) is 18.8. The van der Waals surface area contributed by atoms with Crippen molar-refractivity contribution in [3.63, 3.8) is 0 Å². The maximum atomic E-state index is 11.5. The number of rotatable bonds is 2. The highest BCUT2D eigenvalue weighted by Crippen LogP contribution is 2.10. The highest BCUT2D eigenvalue weighted by molar-refractivity contribution is 5.67. The Morgan fingerprint density at radius 1 is 1.85 bits per heavy atom. The first-order valence-corrected chi connectivity index (χ1v) is 3.97. The van der Waals surface area contributed by atoms with Gasteiger partial charge < -0.3 is 4.90 Å². The molecule has 1 aliphatic rings. The van der Waals surface area contributed by atoms with Crippen LogP contribution in [0, 0.1) is 0 Å². The molecule has 0 N–H and O–H groups in total. The summed E-state index contributed by atoms with van der Waals surface area (Å²) in [6.07, 6.45) is 4.23. The summed E-state index contributed by atoms with van der Waals surface area (Å²) in [6, 6.07) is 0. The molecule has 0 aromatic rings. The summed E-state index contributed by atoms with van der Waals surface area (Å²) in [6.45, 7) is 0.361. The molecule has 0 aromatic carbocycles. The molecule has 5 heteroatoms. The lowest BCUT2D eigenvalue weighted by Crippen LogP contribution is -2.27. The van der Waals surface area contributed by atoms with Crippen LogP contribution in [0.3, 0.4) is 0 Å². The van der Waals surface area contributed by atoms with Crippen molar-refractivity contribution in [3.8, 4) is 0 Å². The number of carbonyl (C=O) groups is 1. The van der Waals surface area contributed by atoms with Crippen LogP contribution in [0.5, 0.6) is 0 Å². The number of aliphatic imine (C=N–C) groups is 1. The Morgan fingerprint density at radius 3 is 3.15 bits per heavy atom. The third kappa shape index (κ3) is 2.85. The Hall–Kier alpha value is -1.39. The first kappa shape index (κ1) is 9.70. The van der Waals surface area contributed by atoms with E-state index in [-0.39, 0.29) is 0 Å². The molecule has 13 heavy (non-hydrogen) atoms. The molecule has 0 spiro atoms. The average Bonchev–Trinajstić information content (AvgIpc) is 2.18. The van der Waals surface area contributed by atoms with Crippen molar-refractivity contribution in [2.24, 2.45) is 4.99 Å². The molecule has 0 saturated heterocycles. The van der Waals surface area contributed by atoms with E-state index in [2.05, 4.69) is 9.93 Å². The molecule has 1 amide bonds. The molecule has 0 atom stereocenters. The van der Waals surface area contributed by atoms with Gasteiger partial charge in [0.25, 0.3) is 0 Å². The predicted octanol–water partition coefficient (Wildman–Crippen LogP) is 1.69. The second-order valence-electron chi connectivity index (χ2n) is 2.86. The Bertz CT molecular complexity index is 251. The first-order valence-electron chi connectivity index (χ1n) is 3.97. The Kier molecular flexibility index (Phi) is 3.42. The van der Waals surface area contributed by atoms with E-state index in [1.807, 2.05) is 0 Å². The van der Waals surface area contributed by atoms with Gasteiger partial charge in [-0.1, -0.05) is 0 Å². The van der Waals surface area contributed by atoms with Crippen molar-refractivity contribution in [2.45, 2.75) is 12.8 Å². The van der Waals surface area contributed by atoms with E-state index in [1.54, 1.807) is 12.4 Å². The smallest absolute Gasteiger partial charge is 0.305 e. The van der Waals surface area contributed by atoms with Crippen LogP contribution < -0.4 is 0 Å². The second-order valence-corrected chi connectivity index (χ2v) is 2.86. The number of carbonyl (C=O) groups excluding carboxylic acids is 1. The van der Waals surface area contributed by atoms with Crippen LogP contribution in [0.1, 0.15) is 12.8 Å². The normalized spacial score (nSPS) is 15.1. The summed E-state index contributed by atoms with van der Waals surface area (Å²) in [7, 11) is 1.47. The summed E-state index contributed by atoms with van der Waals surface area (Å²) in [5.41, 5.74) is 0.996. The summed E-state index contributed by atoms with van der Waals surface area (Å²) >= 11 is 0.